The SMILES string of the molecule is O=C(NNC(=O)C1CC(=O)N(c2cccc(Cl)c2)C1)c1ccccc1. The molecule has 1 saturated heterocycles. The fourth-order valence-electron chi connectivity index (χ4n) is 2.66. The molecule has 2 N–H and O–H groups in total. The molecular formula is C18H16ClN3O3. The standard InChI is InChI=1S/C18H16ClN3O3/c19-14-7-4-8-15(10-14)22-11-13(9-16(22)23)18(25)21-20-17(24)12-5-2-1-3-6-12/h1-8,10,13H,9,11H2,(H,20,24)(H,21,25). The fourth-order valence-corrected chi connectivity index (χ4v) is 2.84. The lowest BCUT2D eigenvalue weighted by atomic mass is 10.1. The van der Waals surface area contributed by atoms with Gasteiger partial charge in [-0.15, -0.1) is 0 Å². The Morgan fingerprint density at radius 1 is 1.04 bits per heavy atom. The predicted octanol–water partition coefficient (Wildman–Crippen LogP) is 2.15. The lowest BCUT2D eigenvalue weighted by Crippen LogP contribution is -2.45. The van der Waals surface area contributed by atoms with Crippen LogP contribution in [0.3, 0.4) is 0 Å². The summed E-state index contributed by atoms with van der Waals surface area (Å²) in [6.45, 7) is 0.242. The zero-order valence-electron chi connectivity index (χ0n) is 13.2. The second-order valence-corrected chi connectivity index (χ2v) is 6.13. The fraction of sp³-hybridized carbons (Fsp3) is 0.167. The van der Waals surface area contributed by atoms with E-state index < -0.39 is 17.7 Å². The van der Waals surface area contributed by atoms with Crippen LogP contribution in [0, 0.1) is 5.92 Å². The molecule has 1 unspecified atom stereocenters. The van der Waals surface area contributed by atoms with E-state index in [2.05, 4.69) is 10.9 Å². The van der Waals surface area contributed by atoms with Gasteiger partial charge in [0.25, 0.3) is 5.91 Å². The highest BCUT2D eigenvalue weighted by Gasteiger charge is 2.35. The summed E-state index contributed by atoms with van der Waals surface area (Å²) in [5.74, 6) is -1.51. The average Bonchev–Trinajstić information content (AvgIpc) is 3.02. The van der Waals surface area contributed by atoms with Crippen LogP contribution in [0.2, 0.25) is 5.02 Å². The van der Waals surface area contributed by atoms with Gasteiger partial charge < -0.3 is 4.90 Å². The normalized spacial score (nSPS) is 16.6. The zero-order chi connectivity index (χ0) is 17.8. The molecule has 128 valence electrons. The summed E-state index contributed by atoms with van der Waals surface area (Å²) < 4.78 is 0. The van der Waals surface area contributed by atoms with Crippen molar-refractivity contribution in [1.82, 2.24) is 10.9 Å². The van der Waals surface area contributed by atoms with Crippen molar-refractivity contribution in [1.29, 1.82) is 0 Å². The van der Waals surface area contributed by atoms with Crippen molar-refractivity contribution >= 4 is 35.0 Å². The molecule has 0 radical (unpaired) electrons. The maximum absolute atomic E-state index is 12.2. The molecule has 3 amide bonds. The summed E-state index contributed by atoms with van der Waals surface area (Å²) in [5, 5.41) is 0.522. The minimum absolute atomic E-state index is 0.0829. The summed E-state index contributed by atoms with van der Waals surface area (Å²) in [7, 11) is 0. The molecule has 2 aromatic rings. The van der Waals surface area contributed by atoms with Gasteiger partial charge in [0, 0.05) is 29.2 Å². The Bertz CT molecular complexity index is 810. The number of hydrogen-bond acceptors (Lipinski definition) is 3. The molecule has 1 fully saturated rings. The van der Waals surface area contributed by atoms with Crippen LogP contribution in [0.5, 0.6) is 0 Å². The largest absolute Gasteiger partial charge is 0.312 e. The van der Waals surface area contributed by atoms with Gasteiger partial charge in [-0.25, -0.2) is 0 Å². The van der Waals surface area contributed by atoms with Crippen molar-refractivity contribution in [3.05, 3.63) is 65.2 Å². The van der Waals surface area contributed by atoms with Gasteiger partial charge in [-0.1, -0.05) is 35.9 Å². The lowest BCUT2D eigenvalue weighted by molar-refractivity contribution is -0.126. The van der Waals surface area contributed by atoms with Crippen LogP contribution in [-0.2, 0) is 9.59 Å². The maximum atomic E-state index is 12.2. The van der Waals surface area contributed by atoms with Gasteiger partial charge >= 0.3 is 0 Å². The van der Waals surface area contributed by atoms with Crippen molar-refractivity contribution < 1.29 is 14.4 Å². The van der Waals surface area contributed by atoms with E-state index >= 15 is 0 Å². The third-order valence-corrected chi connectivity index (χ3v) is 4.19. The Morgan fingerprint density at radius 2 is 1.80 bits per heavy atom. The number of hydrogen-bond donors (Lipinski definition) is 2. The smallest absolute Gasteiger partial charge is 0.269 e. The van der Waals surface area contributed by atoms with Crippen molar-refractivity contribution in [2.45, 2.75) is 6.42 Å². The molecular weight excluding hydrogens is 342 g/mol. The Kier molecular flexibility index (Phi) is 5.00. The molecule has 1 aliphatic heterocycles. The van der Waals surface area contributed by atoms with E-state index in [4.69, 9.17) is 11.6 Å². The van der Waals surface area contributed by atoms with Crippen LogP contribution in [0.15, 0.2) is 54.6 Å². The van der Waals surface area contributed by atoms with Crippen LogP contribution < -0.4 is 15.8 Å². The molecule has 2 aromatic carbocycles. The summed E-state index contributed by atoms with van der Waals surface area (Å²) in [6.07, 6.45) is 0.0829. The van der Waals surface area contributed by atoms with Gasteiger partial charge in [0.15, 0.2) is 0 Å². The highest BCUT2D eigenvalue weighted by Crippen LogP contribution is 2.27. The van der Waals surface area contributed by atoms with E-state index in [0.717, 1.165) is 0 Å². The molecule has 0 saturated carbocycles. The van der Waals surface area contributed by atoms with E-state index in [-0.39, 0.29) is 18.9 Å². The Morgan fingerprint density at radius 3 is 2.52 bits per heavy atom. The number of nitrogens with one attached hydrogen (secondary N) is 2. The van der Waals surface area contributed by atoms with Gasteiger partial charge in [-0.05, 0) is 30.3 Å². The molecule has 1 aliphatic rings. The topological polar surface area (TPSA) is 78.5 Å². The first-order valence-corrected chi connectivity index (χ1v) is 8.13. The van der Waals surface area contributed by atoms with E-state index in [1.54, 1.807) is 54.6 Å². The first-order chi connectivity index (χ1) is 12.0. The first kappa shape index (κ1) is 17.0. The molecule has 0 aromatic heterocycles. The van der Waals surface area contributed by atoms with Gasteiger partial charge in [-0.3, -0.25) is 25.2 Å². The molecule has 25 heavy (non-hydrogen) atoms. The molecule has 1 atom stereocenters. The molecule has 0 aliphatic carbocycles. The third kappa shape index (κ3) is 3.97. The average molecular weight is 358 g/mol. The molecule has 7 heteroatoms. The van der Waals surface area contributed by atoms with Gasteiger partial charge in [0.05, 0.1) is 5.92 Å². The van der Waals surface area contributed by atoms with E-state index in [1.165, 1.54) is 4.90 Å². The summed E-state index contributed by atoms with van der Waals surface area (Å²) in [6, 6.07) is 15.4. The molecule has 6 nitrogen and oxygen atoms in total. The quantitative estimate of drug-likeness (QED) is 0.826. The molecule has 3 rings (SSSR count). The predicted molar refractivity (Wildman–Crippen MR) is 94.0 cm³/mol. The van der Waals surface area contributed by atoms with Crippen LogP contribution in [-0.4, -0.2) is 24.3 Å². The maximum Gasteiger partial charge on any atom is 0.269 e. The number of benzene rings is 2. The monoisotopic (exact) mass is 357 g/mol. The summed E-state index contributed by atoms with van der Waals surface area (Å²) >= 11 is 5.95. The molecule has 1 heterocycles. The van der Waals surface area contributed by atoms with Crippen LogP contribution in [0.25, 0.3) is 0 Å². The lowest BCUT2D eigenvalue weighted by Gasteiger charge is -2.17. The number of hydrazine groups is 1. The van der Waals surface area contributed by atoms with Crippen LogP contribution >= 0.6 is 11.6 Å². The van der Waals surface area contributed by atoms with Crippen molar-refractivity contribution in [3.8, 4) is 0 Å². The van der Waals surface area contributed by atoms with Crippen molar-refractivity contribution in [2.24, 2.45) is 5.92 Å². The minimum Gasteiger partial charge on any atom is -0.312 e. The second-order valence-electron chi connectivity index (χ2n) is 5.69. The highest BCUT2D eigenvalue weighted by atomic mass is 35.5. The van der Waals surface area contributed by atoms with Gasteiger partial charge in [0.2, 0.25) is 11.8 Å². The highest BCUT2D eigenvalue weighted by molar-refractivity contribution is 6.31. The number of halogens is 1. The molecule has 0 spiro atoms. The van der Waals surface area contributed by atoms with Crippen LogP contribution in [0.4, 0.5) is 5.69 Å². The Balaban J connectivity index is 1.58. The number of anilines is 1. The van der Waals surface area contributed by atoms with E-state index in [1.807, 2.05) is 0 Å². The Hall–Kier alpha value is -2.86. The number of carbonyl (C=O) groups excluding carboxylic acids is 3. The summed E-state index contributed by atoms with van der Waals surface area (Å²) in [4.78, 5) is 37.9. The minimum atomic E-state index is -0.539. The van der Waals surface area contributed by atoms with E-state index in [0.29, 0.717) is 16.3 Å². The Labute approximate surface area is 149 Å². The number of nitrogens with zero attached hydrogens (tertiary/aromatic N) is 1. The van der Waals surface area contributed by atoms with Crippen LogP contribution in [0.1, 0.15) is 16.8 Å². The van der Waals surface area contributed by atoms with Gasteiger partial charge in [-0.2, -0.15) is 0 Å². The van der Waals surface area contributed by atoms with E-state index in [9.17, 15) is 14.4 Å². The first-order valence-electron chi connectivity index (χ1n) is 7.76. The number of rotatable bonds is 3. The third-order valence-electron chi connectivity index (χ3n) is 3.95. The summed E-state index contributed by atoms with van der Waals surface area (Å²) in [5.41, 5.74) is 5.84. The van der Waals surface area contributed by atoms with Crippen molar-refractivity contribution in [3.63, 3.8) is 0 Å². The number of amides is 3. The number of carbonyl (C=O) groups is 3. The van der Waals surface area contributed by atoms with Gasteiger partial charge in [0.1, 0.15) is 0 Å². The van der Waals surface area contributed by atoms with Crippen molar-refractivity contribution in [2.75, 3.05) is 11.4 Å². The molecule has 0 bridgehead atoms. The second kappa shape index (κ2) is 7.36. The zero-order valence-corrected chi connectivity index (χ0v) is 14.0.